The van der Waals surface area contributed by atoms with Gasteiger partial charge in [-0.1, -0.05) is 13.8 Å². The molecule has 7 nitrogen and oxygen atoms in total. The fourth-order valence-electron chi connectivity index (χ4n) is 2.97. The van der Waals surface area contributed by atoms with Crippen LogP contribution in [-0.2, 0) is 6.42 Å². The zero-order valence-corrected chi connectivity index (χ0v) is 12.6. The first kappa shape index (κ1) is 15.1. The molecule has 0 saturated carbocycles. The second kappa shape index (κ2) is 5.12. The van der Waals surface area contributed by atoms with Gasteiger partial charge in [-0.25, -0.2) is 9.78 Å². The Morgan fingerprint density at radius 3 is 2.65 bits per heavy atom. The van der Waals surface area contributed by atoms with Crippen LogP contribution in [0.4, 0.5) is 0 Å². The van der Waals surface area contributed by atoms with Crippen molar-refractivity contribution in [1.82, 2.24) is 9.55 Å². The highest BCUT2D eigenvalue weighted by Gasteiger charge is 2.29. The number of aromatic carboxylic acids is 1. The molecule has 0 spiro atoms. The predicted molar refractivity (Wildman–Crippen MR) is 81.8 cm³/mol. The Labute approximate surface area is 131 Å². The molecule has 7 heteroatoms. The molecule has 3 heterocycles. The largest absolute Gasteiger partial charge is 0.503 e. The summed E-state index contributed by atoms with van der Waals surface area (Å²) in [6.45, 7) is 3.98. The van der Waals surface area contributed by atoms with E-state index in [4.69, 9.17) is 5.11 Å². The first-order valence-electron chi connectivity index (χ1n) is 7.21. The van der Waals surface area contributed by atoms with Crippen molar-refractivity contribution in [3.8, 4) is 23.0 Å². The van der Waals surface area contributed by atoms with Crippen molar-refractivity contribution in [2.45, 2.75) is 26.3 Å². The Morgan fingerprint density at radius 1 is 1.35 bits per heavy atom. The third-order valence-electron chi connectivity index (χ3n) is 4.17. The Hall–Kier alpha value is -2.83. The summed E-state index contributed by atoms with van der Waals surface area (Å²) in [5.41, 5.74) is 0.613. The molecule has 2 aromatic heterocycles. The van der Waals surface area contributed by atoms with Gasteiger partial charge < -0.3 is 19.9 Å². The molecule has 0 radical (unpaired) electrons. The molecule has 0 amide bonds. The van der Waals surface area contributed by atoms with E-state index < -0.39 is 17.3 Å². The molecular weight excluding hydrogens is 300 g/mol. The van der Waals surface area contributed by atoms with Gasteiger partial charge in [0.1, 0.15) is 5.56 Å². The SMILES string of the molecule is CC(C)C1Cc2cc(O)c(O)nc2-c2cc(=O)c(C(=O)O)cn21. The van der Waals surface area contributed by atoms with Crippen molar-refractivity contribution in [3.05, 3.63) is 39.7 Å². The summed E-state index contributed by atoms with van der Waals surface area (Å²) in [5, 5.41) is 28.5. The fourth-order valence-corrected chi connectivity index (χ4v) is 2.97. The zero-order chi connectivity index (χ0) is 16.9. The van der Waals surface area contributed by atoms with Gasteiger partial charge in [-0.05, 0) is 24.0 Å². The Bertz CT molecular complexity index is 870. The predicted octanol–water partition coefficient (Wildman–Crippen LogP) is 1.77. The van der Waals surface area contributed by atoms with Crippen molar-refractivity contribution in [3.63, 3.8) is 0 Å². The van der Waals surface area contributed by atoms with Gasteiger partial charge in [-0.15, -0.1) is 0 Å². The number of aromatic hydroxyl groups is 2. The van der Waals surface area contributed by atoms with Gasteiger partial charge >= 0.3 is 5.97 Å². The zero-order valence-electron chi connectivity index (χ0n) is 12.6. The fraction of sp³-hybridized carbons (Fsp3) is 0.312. The number of hydrogen-bond donors (Lipinski definition) is 3. The van der Waals surface area contributed by atoms with Gasteiger partial charge in [0.15, 0.2) is 11.2 Å². The van der Waals surface area contributed by atoms with Crippen LogP contribution in [0.3, 0.4) is 0 Å². The third kappa shape index (κ3) is 2.34. The van der Waals surface area contributed by atoms with E-state index in [0.717, 1.165) is 0 Å². The van der Waals surface area contributed by atoms with E-state index in [1.165, 1.54) is 18.3 Å². The van der Waals surface area contributed by atoms with Gasteiger partial charge in [-0.3, -0.25) is 4.79 Å². The topological polar surface area (TPSA) is 113 Å². The highest BCUT2D eigenvalue weighted by Crippen LogP contribution is 2.39. The van der Waals surface area contributed by atoms with Gasteiger partial charge in [0.2, 0.25) is 0 Å². The summed E-state index contributed by atoms with van der Waals surface area (Å²) in [6.07, 6.45) is 1.85. The van der Waals surface area contributed by atoms with E-state index in [-0.39, 0.29) is 23.3 Å². The van der Waals surface area contributed by atoms with Crippen LogP contribution in [-0.4, -0.2) is 30.8 Å². The number of pyridine rings is 2. The van der Waals surface area contributed by atoms with Crippen LogP contribution in [0.5, 0.6) is 11.6 Å². The van der Waals surface area contributed by atoms with Crippen LogP contribution in [0.25, 0.3) is 11.4 Å². The average molecular weight is 316 g/mol. The van der Waals surface area contributed by atoms with E-state index in [1.54, 1.807) is 4.57 Å². The molecule has 3 rings (SSSR count). The number of carboxylic acids is 1. The van der Waals surface area contributed by atoms with Crippen molar-refractivity contribution < 1.29 is 20.1 Å². The van der Waals surface area contributed by atoms with E-state index in [2.05, 4.69) is 4.98 Å². The van der Waals surface area contributed by atoms with E-state index in [0.29, 0.717) is 23.4 Å². The lowest BCUT2D eigenvalue weighted by molar-refractivity contribution is 0.0694. The maximum Gasteiger partial charge on any atom is 0.341 e. The molecule has 1 atom stereocenters. The lowest BCUT2D eigenvalue weighted by Crippen LogP contribution is -2.28. The smallest absolute Gasteiger partial charge is 0.341 e. The van der Waals surface area contributed by atoms with E-state index in [1.807, 2.05) is 13.8 Å². The highest BCUT2D eigenvalue weighted by atomic mass is 16.4. The van der Waals surface area contributed by atoms with Crippen LogP contribution in [0.2, 0.25) is 0 Å². The van der Waals surface area contributed by atoms with Crippen LogP contribution in [0.1, 0.15) is 35.8 Å². The highest BCUT2D eigenvalue weighted by molar-refractivity contribution is 5.87. The number of hydrogen-bond acceptors (Lipinski definition) is 5. The Balaban J connectivity index is 2.33. The molecule has 2 aromatic rings. The first-order chi connectivity index (χ1) is 10.8. The number of carbonyl (C=O) groups is 1. The molecule has 0 saturated heterocycles. The first-order valence-corrected chi connectivity index (χ1v) is 7.21. The molecular formula is C16H16N2O5. The van der Waals surface area contributed by atoms with Crippen LogP contribution >= 0.6 is 0 Å². The molecule has 0 aliphatic carbocycles. The van der Waals surface area contributed by atoms with Crippen molar-refractivity contribution in [2.24, 2.45) is 5.92 Å². The number of aromatic nitrogens is 2. The second-order valence-corrected chi connectivity index (χ2v) is 6.00. The molecule has 3 N–H and O–H groups in total. The lowest BCUT2D eigenvalue weighted by atomic mass is 9.89. The number of nitrogens with zero attached hydrogens (tertiary/aromatic N) is 2. The summed E-state index contributed by atoms with van der Waals surface area (Å²) in [4.78, 5) is 27.2. The minimum Gasteiger partial charge on any atom is -0.503 e. The maximum atomic E-state index is 12.0. The minimum absolute atomic E-state index is 0.0815. The molecule has 0 fully saturated rings. The summed E-state index contributed by atoms with van der Waals surface area (Å²) in [6, 6.07) is 2.58. The van der Waals surface area contributed by atoms with Gasteiger partial charge in [0.05, 0.1) is 11.4 Å². The van der Waals surface area contributed by atoms with E-state index in [9.17, 15) is 19.8 Å². The molecule has 0 aromatic carbocycles. The molecule has 1 aliphatic rings. The lowest BCUT2D eigenvalue weighted by Gasteiger charge is -2.32. The van der Waals surface area contributed by atoms with Gasteiger partial charge in [0, 0.05) is 18.3 Å². The summed E-state index contributed by atoms with van der Waals surface area (Å²) in [5.74, 6) is -1.95. The van der Waals surface area contributed by atoms with Gasteiger partial charge in [-0.2, -0.15) is 0 Å². The number of carboxylic acid groups (broad SMARTS) is 1. The second-order valence-electron chi connectivity index (χ2n) is 6.00. The third-order valence-corrected chi connectivity index (χ3v) is 4.17. The number of fused-ring (bicyclic) bond motifs is 3. The van der Waals surface area contributed by atoms with Gasteiger partial charge in [0.25, 0.3) is 5.88 Å². The minimum atomic E-state index is -1.28. The number of rotatable bonds is 2. The summed E-state index contributed by atoms with van der Waals surface area (Å²) >= 11 is 0. The van der Waals surface area contributed by atoms with Crippen LogP contribution in [0.15, 0.2) is 23.1 Å². The molecule has 0 bridgehead atoms. The Morgan fingerprint density at radius 2 is 2.04 bits per heavy atom. The van der Waals surface area contributed by atoms with E-state index >= 15 is 0 Å². The standard InChI is InChI=1S/C16H16N2O5/c1-7(2)10-3-8-4-13(20)15(21)17-14(8)11-5-12(19)9(16(22)23)6-18(10)11/h4-7,10,20H,3H2,1-2H3,(H,17,21)(H,22,23). The maximum absolute atomic E-state index is 12.0. The van der Waals surface area contributed by atoms with Crippen molar-refractivity contribution in [2.75, 3.05) is 0 Å². The summed E-state index contributed by atoms with van der Waals surface area (Å²) in [7, 11) is 0. The normalized spacial score (nSPS) is 16.0. The molecule has 1 aliphatic heterocycles. The molecule has 120 valence electrons. The van der Waals surface area contributed by atoms with Crippen molar-refractivity contribution in [1.29, 1.82) is 0 Å². The Kier molecular flexibility index (Phi) is 3.35. The van der Waals surface area contributed by atoms with Crippen LogP contribution in [0, 0.1) is 5.92 Å². The van der Waals surface area contributed by atoms with Crippen molar-refractivity contribution >= 4 is 5.97 Å². The summed E-state index contributed by atoms with van der Waals surface area (Å²) < 4.78 is 1.72. The van der Waals surface area contributed by atoms with Crippen LogP contribution < -0.4 is 5.43 Å². The molecule has 1 unspecified atom stereocenters. The average Bonchev–Trinajstić information content (AvgIpc) is 2.47. The molecule has 23 heavy (non-hydrogen) atoms. The monoisotopic (exact) mass is 316 g/mol. The quantitative estimate of drug-likeness (QED) is 0.778.